The van der Waals surface area contributed by atoms with Crippen LogP contribution in [-0.2, 0) is 14.4 Å². The van der Waals surface area contributed by atoms with Crippen LogP contribution in [0.4, 0.5) is 0 Å². The number of carbonyl (C=O) groups is 3. The Labute approximate surface area is 156 Å². The molecule has 2 N–H and O–H groups in total. The summed E-state index contributed by atoms with van der Waals surface area (Å²) in [5.41, 5.74) is 1.04. The molecule has 1 saturated heterocycles. The molecule has 1 aliphatic heterocycles. The number of hydrogen-bond donors (Lipinski definition) is 2. The van der Waals surface area contributed by atoms with E-state index in [4.69, 9.17) is 23.2 Å². The monoisotopic (exact) mass is 385 g/mol. The zero-order valence-electron chi connectivity index (χ0n) is 13.9. The molecule has 2 rings (SSSR count). The van der Waals surface area contributed by atoms with Gasteiger partial charge in [0.05, 0.1) is 12.0 Å². The van der Waals surface area contributed by atoms with Crippen molar-refractivity contribution >= 4 is 40.9 Å². The summed E-state index contributed by atoms with van der Waals surface area (Å²) in [6.07, 6.45) is 0.195. The highest BCUT2D eigenvalue weighted by Crippen LogP contribution is 2.28. The second-order valence-electron chi connectivity index (χ2n) is 5.92. The van der Waals surface area contributed by atoms with Crippen LogP contribution >= 0.6 is 23.2 Å². The molecular formula is C17H21Cl2N3O3. The van der Waals surface area contributed by atoms with Crippen molar-refractivity contribution in [1.82, 2.24) is 15.5 Å². The Bertz CT molecular complexity index is 625. The maximum atomic E-state index is 12.3. The predicted octanol–water partition coefficient (Wildman–Crippen LogP) is 1.63. The zero-order valence-corrected chi connectivity index (χ0v) is 15.4. The lowest BCUT2D eigenvalue weighted by Gasteiger charge is -2.25. The van der Waals surface area contributed by atoms with E-state index in [1.165, 1.54) is 0 Å². The molecule has 6 nitrogen and oxygen atoms in total. The standard InChI is InChI=1S/C17H21Cl2N3O3/c1-11(12-5-3-2-4-6-12)22-10-13(9-14(22)23)16(24)20-7-8-21-17(25)15(18)19/h2-6,11,13,15H,7-10H2,1H3,(H,20,24)(H,21,25). The van der Waals surface area contributed by atoms with Gasteiger partial charge in [0, 0.05) is 26.1 Å². The first-order valence-electron chi connectivity index (χ1n) is 8.08. The van der Waals surface area contributed by atoms with Crippen LogP contribution in [0.25, 0.3) is 0 Å². The van der Waals surface area contributed by atoms with Crippen molar-refractivity contribution in [2.24, 2.45) is 5.92 Å². The molecule has 1 aliphatic rings. The van der Waals surface area contributed by atoms with E-state index in [0.29, 0.717) is 6.54 Å². The highest BCUT2D eigenvalue weighted by molar-refractivity contribution is 6.53. The lowest BCUT2D eigenvalue weighted by Crippen LogP contribution is -2.39. The van der Waals surface area contributed by atoms with Crippen LogP contribution in [0, 0.1) is 5.92 Å². The molecule has 0 radical (unpaired) electrons. The van der Waals surface area contributed by atoms with Crippen LogP contribution in [0.2, 0.25) is 0 Å². The molecule has 1 aromatic rings. The zero-order chi connectivity index (χ0) is 18.4. The summed E-state index contributed by atoms with van der Waals surface area (Å²) in [6, 6.07) is 9.64. The smallest absolute Gasteiger partial charge is 0.253 e. The Morgan fingerprint density at radius 1 is 1.20 bits per heavy atom. The van der Waals surface area contributed by atoms with E-state index in [1.54, 1.807) is 4.90 Å². The molecule has 0 saturated carbocycles. The molecule has 1 fully saturated rings. The minimum Gasteiger partial charge on any atom is -0.354 e. The van der Waals surface area contributed by atoms with Crippen LogP contribution in [0.3, 0.4) is 0 Å². The van der Waals surface area contributed by atoms with E-state index >= 15 is 0 Å². The fourth-order valence-electron chi connectivity index (χ4n) is 2.79. The van der Waals surface area contributed by atoms with Crippen molar-refractivity contribution in [3.05, 3.63) is 35.9 Å². The first kappa shape index (κ1) is 19.5. The van der Waals surface area contributed by atoms with E-state index in [2.05, 4.69) is 10.6 Å². The molecule has 0 spiro atoms. The van der Waals surface area contributed by atoms with Gasteiger partial charge in [0.15, 0.2) is 4.84 Å². The van der Waals surface area contributed by atoms with Crippen molar-refractivity contribution in [3.8, 4) is 0 Å². The van der Waals surface area contributed by atoms with E-state index in [9.17, 15) is 14.4 Å². The number of rotatable bonds is 7. The SMILES string of the molecule is CC(c1ccccc1)N1CC(C(=O)NCCNC(=O)C(Cl)Cl)CC1=O. The summed E-state index contributed by atoms with van der Waals surface area (Å²) in [6.45, 7) is 2.83. The molecule has 136 valence electrons. The number of amides is 3. The van der Waals surface area contributed by atoms with E-state index < -0.39 is 10.7 Å². The van der Waals surface area contributed by atoms with Gasteiger partial charge in [0.1, 0.15) is 0 Å². The Morgan fingerprint density at radius 3 is 2.48 bits per heavy atom. The molecule has 0 aromatic heterocycles. The molecule has 25 heavy (non-hydrogen) atoms. The first-order valence-corrected chi connectivity index (χ1v) is 8.95. The molecule has 0 aliphatic carbocycles. The number of nitrogens with zero attached hydrogens (tertiary/aromatic N) is 1. The number of halogens is 2. The third kappa shape index (κ3) is 5.34. The van der Waals surface area contributed by atoms with Gasteiger partial charge in [-0.25, -0.2) is 0 Å². The Kier molecular flexibility index (Phi) is 7.08. The summed E-state index contributed by atoms with van der Waals surface area (Å²) >= 11 is 10.8. The average molecular weight is 386 g/mol. The number of hydrogen-bond acceptors (Lipinski definition) is 3. The maximum absolute atomic E-state index is 12.3. The Hall–Kier alpha value is -1.79. The summed E-state index contributed by atoms with van der Waals surface area (Å²) in [5, 5.41) is 5.21. The van der Waals surface area contributed by atoms with Crippen molar-refractivity contribution in [2.75, 3.05) is 19.6 Å². The molecule has 1 aromatic carbocycles. The van der Waals surface area contributed by atoms with Gasteiger partial charge in [-0.15, -0.1) is 0 Å². The average Bonchev–Trinajstić information content (AvgIpc) is 3.00. The lowest BCUT2D eigenvalue weighted by molar-refractivity contribution is -0.130. The van der Waals surface area contributed by atoms with Crippen LogP contribution in [0.5, 0.6) is 0 Å². The Morgan fingerprint density at radius 2 is 1.84 bits per heavy atom. The van der Waals surface area contributed by atoms with Gasteiger partial charge >= 0.3 is 0 Å². The third-order valence-corrected chi connectivity index (χ3v) is 4.60. The van der Waals surface area contributed by atoms with Crippen LogP contribution in [-0.4, -0.2) is 47.1 Å². The molecule has 2 unspecified atom stereocenters. The van der Waals surface area contributed by atoms with Gasteiger partial charge in [0.2, 0.25) is 11.8 Å². The third-order valence-electron chi connectivity index (χ3n) is 4.20. The fraction of sp³-hybridized carbons (Fsp3) is 0.471. The van der Waals surface area contributed by atoms with Crippen molar-refractivity contribution in [2.45, 2.75) is 24.2 Å². The highest BCUT2D eigenvalue weighted by atomic mass is 35.5. The molecule has 3 amide bonds. The summed E-state index contributed by atoms with van der Waals surface area (Å²) in [7, 11) is 0. The van der Waals surface area contributed by atoms with E-state index in [1.807, 2.05) is 37.3 Å². The first-order chi connectivity index (χ1) is 11.9. The normalized spacial score (nSPS) is 18.3. The summed E-state index contributed by atoms with van der Waals surface area (Å²) in [5.74, 6) is -1.12. The second-order valence-corrected chi connectivity index (χ2v) is 7.01. The predicted molar refractivity (Wildman–Crippen MR) is 96.2 cm³/mol. The van der Waals surface area contributed by atoms with E-state index in [-0.39, 0.29) is 43.3 Å². The van der Waals surface area contributed by atoms with Crippen LogP contribution < -0.4 is 10.6 Å². The lowest BCUT2D eigenvalue weighted by atomic mass is 10.1. The van der Waals surface area contributed by atoms with Gasteiger partial charge < -0.3 is 15.5 Å². The van der Waals surface area contributed by atoms with Gasteiger partial charge in [-0.1, -0.05) is 53.5 Å². The number of carbonyl (C=O) groups excluding carboxylic acids is 3. The van der Waals surface area contributed by atoms with Gasteiger partial charge in [-0.05, 0) is 12.5 Å². The highest BCUT2D eigenvalue weighted by Gasteiger charge is 2.36. The van der Waals surface area contributed by atoms with Crippen molar-refractivity contribution < 1.29 is 14.4 Å². The second kappa shape index (κ2) is 9.06. The summed E-state index contributed by atoms with van der Waals surface area (Å²) in [4.78, 5) is 36.3. The van der Waals surface area contributed by atoms with E-state index in [0.717, 1.165) is 5.56 Å². The number of nitrogens with one attached hydrogen (secondary N) is 2. The number of likely N-dealkylation sites (tertiary alicyclic amines) is 1. The van der Waals surface area contributed by atoms with Crippen molar-refractivity contribution in [3.63, 3.8) is 0 Å². The summed E-state index contributed by atoms with van der Waals surface area (Å²) < 4.78 is 0. The topological polar surface area (TPSA) is 78.5 Å². The van der Waals surface area contributed by atoms with Gasteiger partial charge in [-0.2, -0.15) is 0 Å². The minimum absolute atomic E-state index is 0.0306. The van der Waals surface area contributed by atoms with Gasteiger partial charge in [0.25, 0.3) is 5.91 Å². The fourth-order valence-corrected chi connectivity index (χ4v) is 2.94. The Balaban J connectivity index is 1.81. The largest absolute Gasteiger partial charge is 0.354 e. The maximum Gasteiger partial charge on any atom is 0.253 e. The van der Waals surface area contributed by atoms with Crippen LogP contribution in [0.1, 0.15) is 24.9 Å². The number of alkyl halides is 2. The molecule has 8 heteroatoms. The quantitative estimate of drug-likeness (QED) is 0.552. The molecular weight excluding hydrogens is 365 g/mol. The molecule has 2 atom stereocenters. The molecule has 1 heterocycles. The van der Waals surface area contributed by atoms with Crippen LogP contribution in [0.15, 0.2) is 30.3 Å². The molecule has 0 bridgehead atoms. The van der Waals surface area contributed by atoms with Crippen molar-refractivity contribution in [1.29, 1.82) is 0 Å². The minimum atomic E-state index is -1.13. The number of benzene rings is 1. The van der Waals surface area contributed by atoms with Gasteiger partial charge in [-0.3, -0.25) is 14.4 Å².